The van der Waals surface area contributed by atoms with Gasteiger partial charge >= 0.3 is 0 Å². The molecule has 1 aromatic carbocycles. The van der Waals surface area contributed by atoms with Crippen molar-refractivity contribution in [1.29, 1.82) is 0 Å². The molecule has 7 heteroatoms. The van der Waals surface area contributed by atoms with Crippen molar-refractivity contribution >= 4 is 23.2 Å². The SMILES string of the molecule is CCCC(CCO)CNC(=O)c1ccc([N+](=O)[O-])c(Cl)c1. The van der Waals surface area contributed by atoms with E-state index in [-0.39, 0.29) is 34.7 Å². The molecule has 0 aliphatic heterocycles. The Labute approximate surface area is 128 Å². The van der Waals surface area contributed by atoms with E-state index in [1.54, 1.807) is 0 Å². The van der Waals surface area contributed by atoms with Gasteiger partial charge < -0.3 is 10.4 Å². The van der Waals surface area contributed by atoms with Crippen LogP contribution in [0.3, 0.4) is 0 Å². The number of rotatable bonds is 8. The molecule has 0 radical (unpaired) electrons. The lowest BCUT2D eigenvalue weighted by molar-refractivity contribution is -0.384. The summed E-state index contributed by atoms with van der Waals surface area (Å²) in [6, 6.07) is 3.88. The van der Waals surface area contributed by atoms with Crippen LogP contribution in [-0.2, 0) is 0 Å². The molecule has 0 saturated heterocycles. The molecule has 116 valence electrons. The molecule has 1 rings (SSSR count). The second kappa shape index (κ2) is 8.59. The van der Waals surface area contributed by atoms with Gasteiger partial charge in [-0.1, -0.05) is 24.9 Å². The highest BCUT2D eigenvalue weighted by atomic mass is 35.5. The van der Waals surface area contributed by atoms with Gasteiger partial charge in [-0.3, -0.25) is 14.9 Å². The van der Waals surface area contributed by atoms with Crippen molar-refractivity contribution in [3.63, 3.8) is 0 Å². The lowest BCUT2D eigenvalue weighted by Crippen LogP contribution is -2.29. The largest absolute Gasteiger partial charge is 0.396 e. The van der Waals surface area contributed by atoms with E-state index in [4.69, 9.17) is 16.7 Å². The quantitative estimate of drug-likeness (QED) is 0.570. The molecule has 0 fully saturated rings. The first-order valence-corrected chi connectivity index (χ1v) is 7.20. The van der Waals surface area contributed by atoms with Gasteiger partial charge in [0.05, 0.1) is 4.92 Å². The standard InChI is InChI=1S/C14H19ClN2O4/c1-2-3-10(6-7-18)9-16-14(19)11-4-5-13(17(20)21)12(15)8-11/h4-5,8,10,18H,2-3,6-7,9H2,1H3,(H,16,19). The Morgan fingerprint density at radius 1 is 1.48 bits per heavy atom. The molecule has 0 spiro atoms. The first kappa shape index (κ1) is 17.4. The molecule has 0 bridgehead atoms. The molecule has 1 atom stereocenters. The van der Waals surface area contributed by atoms with Crippen LogP contribution < -0.4 is 5.32 Å². The number of halogens is 1. The van der Waals surface area contributed by atoms with Crippen molar-refractivity contribution in [2.45, 2.75) is 26.2 Å². The predicted molar refractivity (Wildman–Crippen MR) is 80.5 cm³/mol. The van der Waals surface area contributed by atoms with E-state index in [0.717, 1.165) is 12.8 Å². The average molecular weight is 315 g/mol. The second-order valence-electron chi connectivity index (χ2n) is 4.80. The first-order chi connectivity index (χ1) is 9.99. The summed E-state index contributed by atoms with van der Waals surface area (Å²) in [6.45, 7) is 2.59. The fourth-order valence-electron chi connectivity index (χ4n) is 2.07. The number of carbonyl (C=O) groups is 1. The van der Waals surface area contributed by atoms with Gasteiger partial charge in [0, 0.05) is 24.8 Å². The van der Waals surface area contributed by atoms with Crippen LogP contribution in [0.2, 0.25) is 5.02 Å². The van der Waals surface area contributed by atoms with E-state index in [1.807, 2.05) is 6.92 Å². The Hall–Kier alpha value is -1.66. The number of benzene rings is 1. The number of hydrogen-bond donors (Lipinski definition) is 2. The number of nitrogens with zero attached hydrogens (tertiary/aromatic N) is 1. The minimum Gasteiger partial charge on any atom is -0.396 e. The van der Waals surface area contributed by atoms with Crippen molar-refractivity contribution in [2.24, 2.45) is 5.92 Å². The monoisotopic (exact) mass is 314 g/mol. The summed E-state index contributed by atoms with van der Waals surface area (Å²) in [5, 5.41) is 22.3. The van der Waals surface area contributed by atoms with Gasteiger partial charge in [0.1, 0.15) is 5.02 Å². The van der Waals surface area contributed by atoms with Crippen LogP contribution in [0.25, 0.3) is 0 Å². The molecule has 0 heterocycles. The van der Waals surface area contributed by atoms with Gasteiger partial charge in [-0.05, 0) is 30.9 Å². The van der Waals surface area contributed by atoms with E-state index in [9.17, 15) is 14.9 Å². The smallest absolute Gasteiger partial charge is 0.287 e. The lowest BCUT2D eigenvalue weighted by atomic mass is 10.00. The fourth-order valence-corrected chi connectivity index (χ4v) is 2.32. The predicted octanol–water partition coefficient (Wildman–Crippen LogP) is 2.78. The summed E-state index contributed by atoms with van der Waals surface area (Å²) in [4.78, 5) is 22.1. The van der Waals surface area contributed by atoms with Crippen LogP contribution in [0.15, 0.2) is 18.2 Å². The number of nitro groups is 1. The van der Waals surface area contributed by atoms with Crippen LogP contribution in [-0.4, -0.2) is 29.1 Å². The van der Waals surface area contributed by atoms with E-state index < -0.39 is 4.92 Å². The Morgan fingerprint density at radius 3 is 2.71 bits per heavy atom. The Bertz CT molecular complexity index is 502. The molecule has 0 aliphatic carbocycles. The third-order valence-electron chi connectivity index (χ3n) is 3.19. The molecule has 6 nitrogen and oxygen atoms in total. The zero-order valence-electron chi connectivity index (χ0n) is 11.8. The number of amides is 1. The normalized spacial score (nSPS) is 12.0. The molecule has 1 aromatic rings. The summed E-state index contributed by atoms with van der Waals surface area (Å²) in [6.07, 6.45) is 2.53. The van der Waals surface area contributed by atoms with Gasteiger partial charge in [-0.15, -0.1) is 0 Å². The van der Waals surface area contributed by atoms with Crippen molar-refractivity contribution in [3.8, 4) is 0 Å². The number of nitro benzene ring substituents is 1. The maximum absolute atomic E-state index is 12.0. The highest BCUT2D eigenvalue weighted by Gasteiger charge is 2.16. The Morgan fingerprint density at radius 2 is 2.19 bits per heavy atom. The van der Waals surface area contributed by atoms with Crippen LogP contribution >= 0.6 is 11.6 Å². The zero-order chi connectivity index (χ0) is 15.8. The minimum absolute atomic E-state index is 0.0619. The molecule has 0 aliphatic rings. The highest BCUT2D eigenvalue weighted by molar-refractivity contribution is 6.33. The fraction of sp³-hybridized carbons (Fsp3) is 0.500. The molecule has 1 amide bonds. The van der Waals surface area contributed by atoms with Crippen molar-refractivity contribution in [3.05, 3.63) is 38.9 Å². The average Bonchev–Trinajstić information content (AvgIpc) is 2.44. The maximum atomic E-state index is 12.0. The van der Waals surface area contributed by atoms with Crippen molar-refractivity contribution < 1.29 is 14.8 Å². The summed E-state index contributed by atoms with van der Waals surface area (Å²) in [7, 11) is 0. The van der Waals surface area contributed by atoms with Crippen LogP contribution in [0.1, 0.15) is 36.5 Å². The van der Waals surface area contributed by atoms with Gasteiger partial charge in [-0.25, -0.2) is 0 Å². The van der Waals surface area contributed by atoms with Gasteiger partial charge in [0.25, 0.3) is 11.6 Å². The van der Waals surface area contributed by atoms with Crippen LogP contribution in [0, 0.1) is 16.0 Å². The number of nitrogens with one attached hydrogen (secondary N) is 1. The third kappa shape index (κ3) is 5.32. The summed E-state index contributed by atoms with van der Waals surface area (Å²) in [5.41, 5.74) is 0.0576. The molecular formula is C14H19ClN2O4. The van der Waals surface area contributed by atoms with E-state index in [1.165, 1.54) is 18.2 Å². The third-order valence-corrected chi connectivity index (χ3v) is 3.49. The van der Waals surface area contributed by atoms with Gasteiger partial charge in [0.15, 0.2) is 0 Å². The van der Waals surface area contributed by atoms with Crippen LogP contribution in [0.4, 0.5) is 5.69 Å². The number of hydrogen-bond acceptors (Lipinski definition) is 4. The lowest BCUT2D eigenvalue weighted by Gasteiger charge is -2.15. The minimum atomic E-state index is -0.595. The number of aliphatic hydroxyl groups is 1. The van der Waals surface area contributed by atoms with Crippen molar-refractivity contribution in [1.82, 2.24) is 5.32 Å². The summed E-state index contributed by atoms with van der Waals surface area (Å²) < 4.78 is 0. The van der Waals surface area contributed by atoms with Crippen LogP contribution in [0.5, 0.6) is 0 Å². The Balaban J connectivity index is 2.67. The molecular weight excluding hydrogens is 296 g/mol. The summed E-state index contributed by atoms with van der Waals surface area (Å²) in [5.74, 6) is -0.108. The number of aliphatic hydroxyl groups excluding tert-OH is 1. The molecule has 0 saturated carbocycles. The summed E-state index contributed by atoms with van der Waals surface area (Å²) >= 11 is 5.78. The van der Waals surface area contributed by atoms with E-state index >= 15 is 0 Å². The maximum Gasteiger partial charge on any atom is 0.287 e. The first-order valence-electron chi connectivity index (χ1n) is 6.82. The molecule has 2 N–H and O–H groups in total. The van der Waals surface area contributed by atoms with E-state index in [2.05, 4.69) is 5.32 Å². The molecule has 0 aromatic heterocycles. The van der Waals surface area contributed by atoms with E-state index in [0.29, 0.717) is 13.0 Å². The molecule has 21 heavy (non-hydrogen) atoms. The second-order valence-corrected chi connectivity index (χ2v) is 5.21. The number of carbonyl (C=O) groups excluding carboxylic acids is 1. The Kier molecular flexibility index (Phi) is 7.11. The topological polar surface area (TPSA) is 92.5 Å². The van der Waals surface area contributed by atoms with Gasteiger partial charge in [0.2, 0.25) is 0 Å². The van der Waals surface area contributed by atoms with Gasteiger partial charge in [-0.2, -0.15) is 0 Å². The molecule has 1 unspecified atom stereocenters. The zero-order valence-corrected chi connectivity index (χ0v) is 12.6. The van der Waals surface area contributed by atoms with Crippen molar-refractivity contribution in [2.75, 3.05) is 13.2 Å². The highest BCUT2D eigenvalue weighted by Crippen LogP contribution is 2.24.